The van der Waals surface area contributed by atoms with Crippen LogP contribution in [0.5, 0.6) is 5.75 Å². The zero-order valence-electron chi connectivity index (χ0n) is 14.3. The van der Waals surface area contributed by atoms with Gasteiger partial charge in [0.25, 0.3) is 5.91 Å². The average molecular weight is 387 g/mol. The van der Waals surface area contributed by atoms with Gasteiger partial charge >= 0.3 is 0 Å². The van der Waals surface area contributed by atoms with Gasteiger partial charge in [-0.2, -0.15) is 0 Å². The van der Waals surface area contributed by atoms with E-state index in [0.29, 0.717) is 16.5 Å². The number of thioether (sulfide) groups is 1. The maximum atomic E-state index is 12.2. The van der Waals surface area contributed by atoms with Gasteiger partial charge in [0.1, 0.15) is 12.4 Å². The fraction of sp³-hybridized carbons (Fsp3) is 0.150. The summed E-state index contributed by atoms with van der Waals surface area (Å²) in [5, 5.41) is 6.88. The summed E-state index contributed by atoms with van der Waals surface area (Å²) in [7, 11) is 0. The first-order valence-electron chi connectivity index (χ1n) is 8.11. The number of benzene rings is 2. The molecule has 1 unspecified atom stereocenters. The van der Waals surface area contributed by atoms with Gasteiger partial charge in [-0.25, -0.2) is 0 Å². The van der Waals surface area contributed by atoms with Crippen LogP contribution in [-0.4, -0.2) is 18.0 Å². The highest BCUT2D eigenvalue weighted by Crippen LogP contribution is 2.31. The quantitative estimate of drug-likeness (QED) is 0.552. The minimum Gasteiger partial charge on any atom is -0.490 e. The number of hydrogen-bond acceptors (Lipinski definition) is 4. The molecular formula is C20H19ClN2O2S. The second-order valence-electron chi connectivity index (χ2n) is 5.75. The number of halogens is 1. The lowest BCUT2D eigenvalue weighted by atomic mass is 10.2. The summed E-state index contributed by atoms with van der Waals surface area (Å²) in [5.74, 6) is 0.672. The van der Waals surface area contributed by atoms with Gasteiger partial charge in [-0.15, -0.1) is 0 Å². The molecule has 0 aromatic heterocycles. The Hall–Kier alpha value is -2.37. The van der Waals surface area contributed by atoms with Crippen LogP contribution in [0, 0.1) is 6.92 Å². The van der Waals surface area contributed by atoms with E-state index >= 15 is 0 Å². The van der Waals surface area contributed by atoms with Gasteiger partial charge in [0.15, 0.2) is 5.50 Å². The Labute approximate surface area is 162 Å². The summed E-state index contributed by atoms with van der Waals surface area (Å²) < 4.78 is 5.46. The van der Waals surface area contributed by atoms with Crippen LogP contribution in [0.1, 0.15) is 11.1 Å². The van der Waals surface area contributed by atoms with E-state index in [9.17, 15) is 4.79 Å². The van der Waals surface area contributed by atoms with Crippen LogP contribution < -0.4 is 15.4 Å². The van der Waals surface area contributed by atoms with Crippen molar-refractivity contribution in [1.29, 1.82) is 0 Å². The summed E-state index contributed by atoms with van der Waals surface area (Å²) in [6.45, 7) is 6.08. The highest BCUT2D eigenvalue weighted by Gasteiger charge is 2.27. The van der Waals surface area contributed by atoms with Crippen molar-refractivity contribution in [3.8, 4) is 5.75 Å². The highest BCUT2D eigenvalue weighted by molar-refractivity contribution is 8.05. The Morgan fingerprint density at radius 1 is 1.31 bits per heavy atom. The maximum absolute atomic E-state index is 12.2. The predicted molar refractivity (Wildman–Crippen MR) is 109 cm³/mol. The van der Waals surface area contributed by atoms with Crippen LogP contribution in [0.25, 0.3) is 6.08 Å². The summed E-state index contributed by atoms with van der Waals surface area (Å²) >= 11 is 7.49. The van der Waals surface area contributed by atoms with E-state index in [2.05, 4.69) is 17.2 Å². The average Bonchev–Trinajstić information content (AvgIpc) is 2.96. The van der Waals surface area contributed by atoms with Crippen molar-refractivity contribution in [2.45, 2.75) is 12.4 Å². The van der Waals surface area contributed by atoms with E-state index < -0.39 is 0 Å². The molecule has 2 N–H and O–H groups in total. The zero-order chi connectivity index (χ0) is 18.5. The first-order valence-corrected chi connectivity index (χ1v) is 9.36. The molecule has 1 fully saturated rings. The van der Waals surface area contributed by atoms with Crippen molar-refractivity contribution in [2.24, 2.45) is 0 Å². The molecule has 134 valence electrons. The number of hydrogen-bond donors (Lipinski definition) is 2. The van der Waals surface area contributed by atoms with Crippen molar-refractivity contribution >= 4 is 41.0 Å². The molecule has 0 saturated carbocycles. The summed E-state index contributed by atoms with van der Waals surface area (Å²) in [6.07, 6.45) is 3.56. The van der Waals surface area contributed by atoms with Gasteiger partial charge in [0.05, 0.1) is 4.91 Å². The van der Waals surface area contributed by atoms with Gasteiger partial charge in [0.2, 0.25) is 0 Å². The van der Waals surface area contributed by atoms with Gasteiger partial charge in [-0.1, -0.05) is 54.2 Å². The third-order valence-corrected chi connectivity index (χ3v) is 5.03. The van der Waals surface area contributed by atoms with Crippen LogP contribution in [0.3, 0.4) is 0 Å². The van der Waals surface area contributed by atoms with Crippen molar-refractivity contribution in [2.75, 3.05) is 11.9 Å². The normalized spacial score (nSPS) is 17.8. The van der Waals surface area contributed by atoms with Gasteiger partial charge in [-0.05, 0) is 48.4 Å². The first kappa shape index (κ1) is 18.4. The Kier molecular flexibility index (Phi) is 5.91. The molecule has 1 aliphatic rings. The molecule has 1 saturated heterocycles. The third kappa shape index (κ3) is 4.62. The number of nitrogens with one attached hydrogen (secondary N) is 2. The summed E-state index contributed by atoms with van der Waals surface area (Å²) in [5.41, 5.74) is 2.67. The SMILES string of the molecule is C=CCOc1ccc(/C=C2\SC(Nc3cc(Cl)ccc3C)NC2=O)cc1. The summed E-state index contributed by atoms with van der Waals surface area (Å²) in [4.78, 5) is 12.9. The lowest BCUT2D eigenvalue weighted by Gasteiger charge is -2.15. The number of aryl methyl sites for hydroxylation is 1. The lowest BCUT2D eigenvalue weighted by molar-refractivity contribution is -0.116. The monoisotopic (exact) mass is 386 g/mol. The largest absolute Gasteiger partial charge is 0.490 e. The minimum atomic E-state index is -0.235. The molecule has 0 aliphatic carbocycles. The van der Waals surface area contributed by atoms with Gasteiger partial charge < -0.3 is 15.4 Å². The molecule has 4 nitrogen and oxygen atoms in total. The molecular weight excluding hydrogens is 368 g/mol. The van der Waals surface area contributed by atoms with Crippen LogP contribution >= 0.6 is 23.4 Å². The molecule has 2 aromatic rings. The number of ether oxygens (including phenoxy) is 1. The Balaban J connectivity index is 1.68. The van der Waals surface area contributed by atoms with E-state index in [1.54, 1.807) is 6.08 Å². The molecule has 26 heavy (non-hydrogen) atoms. The minimum absolute atomic E-state index is 0.0980. The van der Waals surface area contributed by atoms with Crippen molar-refractivity contribution in [3.05, 3.63) is 76.2 Å². The smallest absolute Gasteiger partial charge is 0.260 e. The van der Waals surface area contributed by atoms with Crippen LogP contribution in [0.2, 0.25) is 5.02 Å². The molecule has 1 amide bonds. The van der Waals surface area contributed by atoms with Gasteiger partial charge in [0, 0.05) is 10.7 Å². The maximum Gasteiger partial charge on any atom is 0.260 e. The number of carbonyl (C=O) groups excluding carboxylic acids is 1. The second kappa shape index (κ2) is 8.34. The second-order valence-corrected chi connectivity index (χ2v) is 7.34. The fourth-order valence-corrected chi connectivity index (χ4v) is 3.57. The Morgan fingerprint density at radius 2 is 2.08 bits per heavy atom. The molecule has 1 heterocycles. The van der Waals surface area contributed by atoms with Crippen LogP contribution in [0.15, 0.2) is 60.0 Å². The van der Waals surface area contributed by atoms with Crippen LogP contribution in [0.4, 0.5) is 5.69 Å². The molecule has 0 bridgehead atoms. The van der Waals surface area contributed by atoms with Crippen molar-refractivity contribution in [3.63, 3.8) is 0 Å². The molecule has 1 atom stereocenters. The van der Waals surface area contributed by atoms with E-state index in [1.165, 1.54) is 11.8 Å². The van der Waals surface area contributed by atoms with E-state index in [4.69, 9.17) is 16.3 Å². The van der Waals surface area contributed by atoms with Gasteiger partial charge in [-0.3, -0.25) is 4.79 Å². The molecule has 1 aliphatic heterocycles. The van der Waals surface area contributed by atoms with Crippen LogP contribution in [-0.2, 0) is 4.79 Å². The van der Waals surface area contributed by atoms with E-state index in [0.717, 1.165) is 22.6 Å². The number of anilines is 1. The Bertz CT molecular complexity index is 849. The molecule has 0 spiro atoms. The van der Waals surface area contributed by atoms with E-state index in [-0.39, 0.29) is 11.4 Å². The predicted octanol–water partition coefficient (Wildman–Crippen LogP) is 4.81. The van der Waals surface area contributed by atoms with E-state index in [1.807, 2.05) is 55.5 Å². The lowest BCUT2D eigenvalue weighted by Crippen LogP contribution is -2.31. The van der Waals surface area contributed by atoms with Crippen molar-refractivity contribution < 1.29 is 9.53 Å². The number of carbonyl (C=O) groups is 1. The number of rotatable bonds is 6. The molecule has 0 radical (unpaired) electrons. The van der Waals surface area contributed by atoms with Crippen molar-refractivity contribution in [1.82, 2.24) is 5.32 Å². The fourth-order valence-electron chi connectivity index (χ4n) is 2.42. The molecule has 2 aromatic carbocycles. The summed E-state index contributed by atoms with van der Waals surface area (Å²) in [6, 6.07) is 13.2. The topological polar surface area (TPSA) is 50.4 Å². The first-order chi connectivity index (χ1) is 12.5. The Morgan fingerprint density at radius 3 is 2.81 bits per heavy atom. The highest BCUT2D eigenvalue weighted by atomic mass is 35.5. The third-order valence-electron chi connectivity index (χ3n) is 3.76. The zero-order valence-corrected chi connectivity index (χ0v) is 15.9. The number of amides is 1. The molecule has 6 heteroatoms. The molecule has 3 rings (SSSR count). The standard InChI is InChI=1S/C20H19ClN2O2S/c1-3-10-25-16-8-5-14(6-9-16)11-18-19(24)23-20(26-18)22-17-12-15(21)7-4-13(17)2/h3-9,11-12,20,22H,1,10H2,2H3,(H,23,24)/b18-11-.